The van der Waals surface area contributed by atoms with Gasteiger partial charge in [0, 0.05) is 0 Å². The normalized spacial score (nSPS) is 13.2. The molecule has 2 N–H and O–H groups in total. The molecule has 1 aromatic carbocycles. The molecule has 1 aromatic rings. The van der Waals surface area contributed by atoms with Crippen molar-refractivity contribution in [3.05, 3.63) is 35.6 Å². The SMILES string of the molecule is Cl.N[C@@H](c1ccc(F)cc1)C(F)(F)F. The van der Waals surface area contributed by atoms with Gasteiger partial charge in [0.05, 0.1) is 0 Å². The maximum Gasteiger partial charge on any atom is 0.407 e. The van der Waals surface area contributed by atoms with Crippen LogP contribution in [0.4, 0.5) is 17.6 Å². The third kappa shape index (κ3) is 3.16. The predicted octanol–water partition coefficient (Wildman–Crippen LogP) is 2.81. The second-order valence-electron chi connectivity index (χ2n) is 2.57. The van der Waals surface area contributed by atoms with Gasteiger partial charge in [-0.05, 0) is 17.7 Å². The molecule has 0 heterocycles. The Kier molecular flexibility index (Phi) is 4.35. The van der Waals surface area contributed by atoms with Crippen molar-refractivity contribution in [2.75, 3.05) is 0 Å². The molecule has 0 radical (unpaired) electrons. The Balaban J connectivity index is 0.00000169. The van der Waals surface area contributed by atoms with Crippen LogP contribution in [0.2, 0.25) is 0 Å². The summed E-state index contributed by atoms with van der Waals surface area (Å²) in [5, 5.41) is 0. The minimum Gasteiger partial charge on any atom is -0.316 e. The van der Waals surface area contributed by atoms with Crippen molar-refractivity contribution in [3.63, 3.8) is 0 Å². The molecule has 0 unspecified atom stereocenters. The molecule has 1 rings (SSSR count). The standard InChI is InChI=1S/C8H7F4N.ClH/c9-6-3-1-5(2-4-6)7(13)8(10,11)12;/h1-4,7H,13H2;1H/t7-;/m0./s1. The molecule has 14 heavy (non-hydrogen) atoms. The maximum absolute atomic E-state index is 12.3. The van der Waals surface area contributed by atoms with Crippen molar-refractivity contribution in [1.29, 1.82) is 0 Å². The van der Waals surface area contributed by atoms with Gasteiger partial charge in [-0.3, -0.25) is 0 Å². The number of halogens is 5. The van der Waals surface area contributed by atoms with Gasteiger partial charge < -0.3 is 5.73 Å². The van der Waals surface area contributed by atoms with E-state index in [4.69, 9.17) is 5.73 Å². The first-order valence-corrected chi connectivity index (χ1v) is 3.49. The van der Waals surface area contributed by atoms with Crippen LogP contribution >= 0.6 is 12.4 Å². The number of alkyl halides is 3. The fraction of sp³-hybridized carbons (Fsp3) is 0.250. The molecule has 0 fully saturated rings. The average Bonchev–Trinajstić information content (AvgIpc) is 2.03. The van der Waals surface area contributed by atoms with Crippen LogP contribution in [0.1, 0.15) is 11.6 Å². The van der Waals surface area contributed by atoms with E-state index in [-0.39, 0.29) is 18.0 Å². The molecule has 0 spiro atoms. The zero-order chi connectivity index (χ0) is 10.1. The molecular weight excluding hydrogens is 222 g/mol. The number of hydrogen-bond donors (Lipinski definition) is 1. The van der Waals surface area contributed by atoms with E-state index in [1.807, 2.05) is 0 Å². The topological polar surface area (TPSA) is 26.0 Å². The van der Waals surface area contributed by atoms with Crippen LogP contribution in [0.15, 0.2) is 24.3 Å². The Morgan fingerprint density at radius 3 is 1.86 bits per heavy atom. The Labute approximate surface area is 84.3 Å². The van der Waals surface area contributed by atoms with Gasteiger partial charge >= 0.3 is 6.18 Å². The molecule has 0 aliphatic heterocycles. The fourth-order valence-corrected chi connectivity index (χ4v) is 0.859. The van der Waals surface area contributed by atoms with Crippen molar-refractivity contribution in [2.45, 2.75) is 12.2 Å². The van der Waals surface area contributed by atoms with Crippen LogP contribution in [0.5, 0.6) is 0 Å². The van der Waals surface area contributed by atoms with E-state index in [9.17, 15) is 17.6 Å². The summed E-state index contributed by atoms with van der Waals surface area (Å²) in [6.45, 7) is 0. The molecule has 0 saturated heterocycles. The Morgan fingerprint density at radius 1 is 1.07 bits per heavy atom. The quantitative estimate of drug-likeness (QED) is 0.737. The first kappa shape index (κ1) is 13.2. The largest absolute Gasteiger partial charge is 0.407 e. The molecule has 0 saturated carbocycles. The fourth-order valence-electron chi connectivity index (χ4n) is 0.859. The molecule has 0 aliphatic carbocycles. The smallest absolute Gasteiger partial charge is 0.316 e. The third-order valence-electron chi connectivity index (χ3n) is 1.58. The zero-order valence-corrected chi connectivity index (χ0v) is 7.70. The van der Waals surface area contributed by atoms with Crippen molar-refractivity contribution in [3.8, 4) is 0 Å². The van der Waals surface area contributed by atoms with Crippen LogP contribution in [-0.2, 0) is 0 Å². The lowest BCUT2D eigenvalue weighted by Crippen LogP contribution is -2.28. The number of hydrogen-bond acceptors (Lipinski definition) is 1. The van der Waals surface area contributed by atoms with E-state index < -0.39 is 18.0 Å². The van der Waals surface area contributed by atoms with Crippen molar-refractivity contribution >= 4 is 12.4 Å². The lowest BCUT2D eigenvalue weighted by Gasteiger charge is -2.15. The highest BCUT2D eigenvalue weighted by atomic mass is 35.5. The van der Waals surface area contributed by atoms with Gasteiger partial charge in [-0.25, -0.2) is 4.39 Å². The highest BCUT2D eigenvalue weighted by molar-refractivity contribution is 5.85. The van der Waals surface area contributed by atoms with Crippen molar-refractivity contribution in [2.24, 2.45) is 5.73 Å². The van der Waals surface area contributed by atoms with Crippen LogP contribution < -0.4 is 5.73 Å². The lowest BCUT2D eigenvalue weighted by molar-refractivity contribution is -0.149. The van der Waals surface area contributed by atoms with Gasteiger partial charge in [0.1, 0.15) is 11.9 Å². The second kappa shape index (κ2) is 4.61. The molecule has 0 amide bonds. The third-order valence-corrected chi connectivity index (χ3v) is 1.58. The van der Waals surface area contributed by atoms with E-state index in [0.717, 1.165) is 24.3 Å². The van der Waals surface area contributed by atoms with E-state index in [0.29, 0.717) is 0 Å². The number of nitrogens with two attached hydrogens (primary N) is 1. The monoisotopic (exact) mass is 229 g/mol. The summed E-state index contributed by atoms with van der Waals surface area (Å²) in [5.74, 6) is -0.585. The maximum atomic E-state index is 12.3. The molecule has 0 bridgehead atoms. The summed E-state index contributed by atoms with van der Waals surface area (Å²) in [5.41, 5.74) is 4.73. The van der Waals surface area contributed by atoms with Crippen molar-refractivity contribution in [1.82, 2.24) is 0 Å². The summed E-state index contributed by atoms with van der Waals surface area (Å²) in [7, 11) is 0. The minimum atomic E-state index is -4.49. The van der Waals surface area contributed by atoms with Crippen molar-refractivity contribution < 1.29 is 17.6 Å². The van der Waals surface area contributed by atoms with Gasteiger partial charge in [-0.1, -0.05) is 12.1 Å². The van der Waals surface area contributed by atoms with E-state index in [1.165, 1.54) is 0 Å². The lowest BCUT2D eigenvalue weighted by atomic mass is 10.1. The predicted molar refractivity (Wildman–Crippen MR) is 46.6 cm³/mol. The van der Waals surface area contributed by atoms with Crippen LogP contribution in [0, 0.1) is 5.82 Å². The van der Waals surface area contributed by atoms with Crippen LogP contribution in [0.3, 0.4) is 0 Å². The first-order chi connectivity index (χ1) is 5.91. The Morgan fingerprint density at radius 2 is 1.50 bits per heavy atom. The summed E-state index contributed by atoms with van der Waals surface area (Å²) in [4.78, 5) is 0. The summed E-state index contributed by atoms with van der Waals surface area (Å²) < 4.78 is 48.4. The number of benzene rings is 1. The second-order valence-corrected chi connectivity index (χ2v) is 2.57. The summed E-state index contributed by atoms with van der Waals surface area (Å²) in [6.07, 6.45) is -4.49. The Bertz CT molecular complexity index is 282. The van der Waals surface area contributed by atoms with E-state index in [1.54, 1.807) is 0 Å². The van der Waals surface area contributed by atoms with E-state index in [2.05, 4.69) is 0 Å². The highest BCUT2D eigenvalue weighted by Gasteiger charge is 2.37. The first-order valence-electron chi connectivity index (χ1n) is 3.49. The number of rotatable bonds is 1. The molecule has 0 aliphatic rings. The van der Waals surface area contributed by atoms with Crippen LogP contribution in [0.25, 0.3) is 0 Å². The molecule has 1 atom stereocenters. The van der Waals surface area contributed by atoms with Gasteiger partial charge in [0.15, 0.2) is 0 Å². The van der Waals surface area contributed by atoms with Gasteiger partial charge in [-0.15, -0.1) is 12.4 Å². The molecule has 1 nitrogen and oxygen atoms in total. The highest BCUT2D eigenvalue weighted by Crippen LogP contribution is 2.30. The van der Waals surface area contributed by atoms with E-state index >= 15 is 0 Å². The average molecular weight is 230 g/mol. The zero-order valence-electron chi connectivity index (χ0n) is 6.88. The molecule has 6 heteroatoms. The summed E-state index contributed by atoms with van der Waals surface area (Å²) in [6, 6.07) is 1.89. The summed E-state index contributed by atoms with van der Waals surface area (Å²) >= 11 is 0. The molecule has 0 aromatic heterocycles. The molecular formula is C8H8ClF4N. The van der Waals surface area contributed by atoms with Gasteiger partial charge in [0.25, 0.3) is 0 Å². The van der Waals surface area contributed by atoms with Crippen LogP contribution in [-0.4, -0.2) is 6.18 Å². The van der Waals surface area contributed by atoms with Gasteiger partial charge in [-0.2, -0.15) is 13.2 Å². The Hall–Kier alpha value is -0.810. The molecule has 80 valence electrons. The minimum absolute atomic E-state index is 0. The van der Waals surface area contributed by atoms with Gasteiger partial charge in [0.2, 0.25) is 0 Å².